The summed E-state index contributed by atoms with van der Waals surface area (Å²) < 4.78 is 27.8. The Hall–Kier alpha value is -1.36. The molecule has 1 aromatic rings. The van der Waals surface area contributed by atoms with Crippen molar-refractivity contribution in [2.75, 3.05) is 6.26 Å². The minimum absolute atomic E-state index is 0.00898. The fourth-order valence-electron chi connectivity index (χ4n) is 2.44. The first-order valence-corrected chi connectivity index (χ1v) is 8.98. The van der Waals surface area contributed by atoms with Crippen LogP contribution in [0.15, 0.2) is 24.3 Å². The van der Waals surface area contributed by atoms with Crippen molar-refractivity contribution in [1.82, 2.24) is 0 Å². The second-order valence-corrected chi connectivity index (χ2v) is 7.57. The molecule has 0 N–H and O–H groups in total. The van der Waals surface area contributed by atoms with Gasteiger partial charge in [-0.15, -0.1) is 0 Å². The Morgan fingerprint density at radius 3 is 2.30 bits per heavy atom. The molecule has 0 radical (unpaired) electrons. The van der Waals surface area contributed by atoms with Crippen molar-refractivity contribution in [3.05, 3.63) is 35.4 Å². The lowest BCUT2D eigenvalue weighted by atomic mass is 9.98. The van der Waals surface area contributed by atoms with E-state index in [1.54, 1.807) is 24.3 Å². The molecule has 0 heterocycles. The van der Waals surface area contributed by atoms with Gasteiger partial charge >= 0.3 is 5.97 Å². The second kappa shape index (κ2) is 6.39. The molecule has 0 aromatic heterocycles. The van der Waals surface area contributed by atoms with E-state index in [4.69, 9.17) is 4.74 Å². The molecule has 0 atom stereocenters. The van der Waals surface area contributed by atoms with Gasteiger partial charge in [0.2, 0.25) is 0 Å². The maximum absolute atomic E-state index is 12.0. The number of sulfone groups is 1. The number of hydrogen-bond donors (Lipinski definition) is 0. The third-order valence-corrected chi connectivity index (χ3v) is 4.30. The van der Waals surface area contributed by atoms with E-state index in [1.807, 2.05) is 0 Å². The zero-order chi connectivity index (χ0) is 14.6. The highest BCUT2D eigenvalue weighted by Gasteiger charge is 2.18. The highest BCUT2D eigenvalue weighted by atomic mass is 32.2. The van der Waals surface area contributed by atoms with Crippen molar-refractivity contribution in [2.45, 2.75) is 44.0 Å². The molecule has 0 saturated heterocycles. The SMILES string of the molecule is CS(=O)(=O)Cc1ccc(C(=O)OC2CCCCC2)cc1. The van der Waals surface area contributed by atoms with Crippen LogP contribution in [-0.4, -0.2) is 26.7 Å². The smallest absolute Gasteiger partial charge is 0.338 e. The summed E-state index contributed by atoms with van der Waals surface area (Å²) in [7, 11) is -3.05. The minimum atomic E-state index is -3.05. The summed E-state index contributed by atoms with van der Waals surface area (Å²) in [5, 5.41) is 0. The number of rotatable bonds is 4. The topological polar surface area (TPSA) is 60.4 Å². The number of ether oxygens (including phenoxy) is 1. The summed E-state index contributed by atoms with van der Waals surface area (Å²) in [5.41, 5.74) is 1.16. The highest BCUT2D eigenvalue weighted by molar-refractivity contribution is 7.89. The van der Waals surface area contributed by atoms with Gasteiger partial charge in [0, 0.05) is 6.26 Å². The molecule has 0 amide bonds. The van der Waals surface area contributed by atoms with E-state index in [0.29, 0.717) is 11.1 Å². The molecular weight excluding hydrogens is 276 g/mol. The van der Waals surface area contributed by atoms with Gasteiger partial charge < -0.3 is 4.74 Å². The maximum Gasteiger partial charge on any atom is 0.338 e. The van der Waals surface area contributed by atoms with E-state index < -0.39 is 9.84 Å². The highest BCUT2D eigenvalue weighted by Crippen LogP contribution is 2.21. The van der Waals surface area contributed by atoms with E-state index >= 15 is 0 Å². The van der Waals surface area contributed by atoms with Crippen LogP contribution >= 0.6 is 0 Å². The number of benzene rings is 1. The second-order valence-electron chi connectivity index (χ2n) is 5.43. The molecule has 1 aliphatic rings. The van der Waals surface area contributed by atoms with Crippen LogP contribution in [0.1, 0.15) is 48.0 Å². The molecule has 2 rings (SSSR count). The molecule has 5 heteroatoms. The fraction of sp³-hybridized carbons (Fsp3) is 0.533. The van der Waals surface area contributed by atoms with Crippen LogP contribution in [0.5, 0.6) is 0 Å². The van der Waals surface area contributed by atoms with Crippen LogP contribution in [-0.2, 0) is 20.3 Å². The van der Waals surface area contributed by atoms with Gasteiger partial charge in [0.25, 0.3) is 0 Å². The van der Waals surface area contributed by atoms with E-state index in [0.717, 1.165) is 25.7 Å². The average molecular weight is 296 g/mol. The van der Waals surface area contributed by atoms with Crippen molar-refractivity contribution in [3.8, 4) is 0 Å². The zero-order valence-electron chi connectivity index (χ0n) is 11.7. The molecule has 1 saturated carbocycles. The Bertz CT molecular complexity index is 554. The predicted octanol–water partition coefficient (Wildman–Crippen LogP) is 2.72. The molecule has 1 aliphatic carbocycles. The number of carbonyl (C=O) groups excluding carboxylic acids is 1. The lowest BCUT2D eigenvalue weighted by molar-refractivity contribution is 0.0211. The standard InChI is InChI=1S/C15H20O4S/c1-20(17,18)11-12-7-9-13(10-8-12)15(16)19-14-5-3-2-4-6-14/h7-10,14H,2-6,11H2,1H3. The summed E-state index contributed by atoms with van der Waals surface area (Å²) in [6.07, 6.45) is 6.56. The van der Waals surface area contributed by atoms with Gasteiger partial charge in [-0.3, -0.25) is 0 Å². The number of hydrogen-bond acceptors (Lipinski definition) is 4. The Labute approximate surface area is 120 Å². The summed E-state index contributed by atoms with van der Waals surface area (Å²) in [6.45, 7) is 0. The molecule has 0 unspecified atom stereocenters. The van der Waals surface area contributed by atoms with E-state index in [1.165, 1.54) is 12.7 Å². The van der Waals surface area contributed by atoms with Gasteiger partial charge in [-0.1, -0.05) is 18.6 Å². The molecule has 4 nitrogen and oxygen atoms in total. The first-order chi connectivity index (χ1) is 9.44. The number of carbonyl (C=O) groups is 1. The van der Waals surface area contributed by atoms with Crippen LogP contribution in [0.25, 0.3) is 0 Å². The Morgan fingerprint density at radius 1 is 1.15 bits per heavy atom. The largest absolute Gasteiger partial charge is 0.459 e. The third-order valence-electron chi connectivity index (χ3n) is 3.44. The van der Waals surface area contributed by atoms with Crippen molar-refractivity contribution >= 4 is 15.8 Å². The normalized spacial score (nSPS) is 16.9. The first kappa shape index (κ1) is 15.0. The van der Waals surface area contributed by atoms with Crippen molar-refractivity contribution in [1.29, 1.82) is 0 Å². The Balaban J connectivity index is 1.96. The van der Waals surface area contributed by atoms with Crippen molar-refractivity contribution in [2.24, 2.45) is 0 Å². The maximum atomic E-state index is 12.0. The van der Waals surface area contributed by atoms with E-state index in [2.05, 4.69) is 0 Å². The molecule has 110 valence electrons. The molecular formula is C15H20O4S. The zero-order valence-corrected chi connectivity index (χ0v) is 12.5. The van der Waals surface area contributed by atoms with Gasteiger partial charge in [0.05, 0.1) is 11.3 Å². The van der Waals surface area contributed by atoms with Crippen LogP contribution in [0.3, 0.4) is 0 Å². The summed E-state index contributed by atoms with van der Waals surface area (Å²) in [4.78, 5) is 12.0. The van der Waals surface area contributed by atoms with E-state index in [9.17, 15) is 13.2 Å². The third kappa shape index (κ3) is 4.63. The average Bonchev–Trinajstić information content (AvgIpc) is 2.39. The fourth-order valence-corrected chi connectivity index (χ4v) is 3.24. The van der Waals surface area contributed by atoms with E-state index in [-0.39, 0.29) is 17.8 Å². The van der Waals surface area contributed by atoms with Gasteiger partial charge in [0.1, 0.15) is 6.10 Å². The summed E-state index contributed by atoms with van der Waals surface area (Å²) in [6, 6.07) is 6.59. The van der Waals surface area contributed by atoms with Crippen molar-refractivity contribution in [3.63, 3.8) is 0 Å². The van der Waals surface area contributed by atoms with Gasteiger partial charge in [-0.25, -0.2) is 13.2 Å². The van der Waals surface area contributed by atoms with Gasteiger partial charge in [0.15, 0.2) is 9.84 Å². The predicted molar refractivity (Wildman–Crippen MR) is 77.3 cm³/mol. The van der Waals surface area contributed by atoms with Crippen molar-refractivity contribution < 1.29 is 17.9 Å². The molecule has 1 aromatic carbocycles. The quantitative estimate of drug-likeness (QED) is 0.802. The van der Waals surface area contributed by atoms with Crippen LogP contribution < -0.4 is 0 Å². The van der Waals surface area contributed by atoms with Gasteiger partial charge in [-0.05, 0) is 43.4 Å². The lowest BCUT2D eigenvalue weighted by Crippen LogP contribution is -2.20. The molecule has 1 fully saturated rings. The minimum Gasteiger partial charge on any atom is -0.459 e. The summed E-state index contributed by atoms with van der Waals surface area (Å²) in [5.74, 6) is -0.326. The molecule has 0 aliphatic heterocycles. The molecule has 0 spiro atoms. The van der Waals surface area contributed by atoms with Crippen LogP contribution in [0.4, 0.5) is 0 Å². The Morgan fingerprint density at radius 2 is 1.75 bits per heavy atom. The molecule has 20 heavy (non-hydrogen) atoms. The van der Waals surface area contributed by atoms with Crippen LogP contribution in [0.2, 0.25) is 0 Å². The monoisotopic (exact) mass is 296 g/mol. The Kier molecular flexibility index (Phi) is 4.81. The lowest BCUT2D eigenvalue weighted by Gasteiger charge is -2.21. The first-order valence-electron chi connectivity index (χ1n) is 6.92. The van der Waals surface area contributed by atoms with Crippen LogP contribution in [0, 0.1) is 0 Å². The summed E-state index contributed by atoms with van der Waals surface area (Å²) >= 11 is 0. The molecule has 0 bridgehead atoms. The van der Waals surface area contributed by atoms with Gasteiger partial charge in [-0.2, -0.15) is 0 Å². The number of esters is 1.